The Morgan fingerprint density at radius 2 is 1.23 bits per heavy atom. The van der Waals surface area contributed by atoms with Crippen molar-refractivity contribution >= 4 is 5.91 Å². The molecule has 0 fully saturated rings. The van der Waals surface area contributed by atoms with E-state index >= 15 is 0 Å². The molecule has 0 heterocycles. The van der Waals surface area contributed by atoms with Crippen LogP contribution in [0.3, 0.4) is 0 Å². The Balaban J connectivity index is 3.76. The smallest absolute Gasteiger partial charge is 0.220 e. The first-order chi connectivity index (χ1) is 17.2. The third-order valence-electron chi connectivity index (χ3n) is 6.11. The molecule has 0 aliphatic heterocycles. The van der Waals surface area contributed by atoms with E-state index in [4.69, 9.17) is 0 Å². The highest BCUT2D eigenvalue weighted by atomic mass is 16.3. The Kier molecular flexibility index (Phi) is 25.7. The van der Waals surface area contributed by atoms with Crippen LogP contribution < -0.4 is 5.32 Å². The SMILES string of the molecule is C/C=C/CC/C=C/CC/C=C/C(O)C(CO)NC(=O)CCCCCCC/C=C\CCCCCCC. The molecule has 0 saturated heterocycles. The van der Waals surface area contributed by atoms with Crippen LogP contribution in [-0.2, 0) is 4.79 Å². The van der Waals surface area contributed by atoms with Crippen molar-refractivity contribution in [1.29, 1.82) is 0 Å². The Bertz CT molecular complexity index is 580. The van der Waals surface area contributed by atoms with E-state index in [0.29, 0.717) is 6.42 Å². The lowest BCUT2D eigenvalue weighted by Gasteiger charge is -2.19. The molecule has 0 rings (SSSR count). The van der Waals surface area contributed by atoms with Gasteiger partial charge in [-0.05, 0) is 64.7 Å². The highest BCUT2D eigenvalue weighted by Gasteiger charge is 2.17. The zero-order chi connectivity index (χ0) is 25.8. The minimum absolute atomic E-state index is 0.0950. The molecule has 2 atom stereocenters. The average molecular weight is 490 g/mol. The molecule has 0 bridgehead atoms. The maximum absolute atomic E-state index is 12.2. The largest absolute Gasteiger partial charge is 0.394 e. The molecule has 0 aromatic carbocycles. The van der Waals surface area contributed by atoms with Crippen molar-refractivity contribution in [3.63, 3.8) is 0 Å². The van der Waals surface area contributed by atoms with E-state index in [2.05, 4.69) is 48.7 Å². The van der Waals surface area contributed by atoms with Crippen LogP contribution in [0.15, 0.2) is 48.6 Å². The van der Waals surface area contributed by atoms with Crippen molar-refractivity contribution in [3.8, 4) is 0 Å². The number of nitrogens with one attached hydrogen (secondary N) is 1. The predicted octanol–water partition coefficient (Wildman–Crippen LogP) is 7.72. The molecule has 0 spiro atoms. The maximum atomic E-state index is 12.2. The Morgan fingerprint density at radius 1 is 0.714 bits per heavy atom. The third kappa shape index (κ3) is 23.8. The van der Waals surface area contributed by atoms with Crippen molar-refractivity contribution < 1.29 is 15.0 Å². The van der Waals surface area contributed by atoms with Crippen LogP contribution >= 0.6 is 0 Å². The topological polar surface area (TPSA) is 69.6 Å². The van der Waals surface area contributed by atoms with E-state index < -0.39 is 12.1 Å². The van der Waals surface area contributed by atoms with Crippen LogP contribution in [0.1, 0.15) is 123 Å². The van der Waals surface area contributed by atoms with Gasteiger partial charge in [-0.15, -0.1) is 0 Å². The summed E-state index contributed by atoms with van der Waals surface area (Å²) in [5.74, 6) is -0.0950. The summed E-state index contributed by atoms with van der Waals surface area (Å²) in [5.41, 5.74) is 0. The quantitative estimate of drug-likeness (QED) is 0.0960. The van der Waals surface area contributed by atoms with Crippen LogP contribution in [0.25, 0.3) is 0 Å². The number of rotatable bonds is 24. The van der Waals surface area contributed by atoms with E-state index in [1.807, 2.05) is 13.0 Å². The first-order valence-corrected chi connectivity index (χ1v) is 14.3. The molecule has 0 radical (unpaired) electrons. The predicted molar refractivity (Wildman–Crippen MR) is 151 cm³/mol. The van der Waals surface area contributed by atoms with Gasteiger partial charge in [0.05, 0.1) is 18.8 Å². The summed E-state index contributed by atoms with van der Waals surface area (Å²) in [5, 5.41) is 22.6. The molecule has 0 aliphatic rings. The van der Waals surface area contributed by atoms with Crippen LogP contribution in [-0.4, -0.2) is 34.9 Å². The van der Waals surface area contributed by atoms with E-state index in [-0.39, 0.29) is 12.5 Å². The Labute approximate surface area is 216 Å². The van der Waals surface area contributed by atoms with Gasteiger partial charge in [-0.2, -0.15) is 0 Å². The average Bonchev–Trinajstić information content (AvgIpc) is 2.86. The van der Waals surface area contributed by atoms with Gasteiger partial charge in [0.15, 0.2) is 0 Å². The van der Waals surface area contributed by atoms with Crippen LogP contribution in [0.4, 0.5) is 0 Å². The standard InChI is InChI=1S/C31H55NO3/c1-3-5-7-9-11-13-14-15-16-17-19-21-23-25-27-31(35)32-29(28-33)30(34)26-24-22-20-18-12-10-8-6-4-2/h4,6,12,14-15,18,24,26,29-30,33-34H,3,5,7-11,13,16-17,19-23,25,27-28H2,1-2H3,(H,32,35)/b6-4+,15-14-,18-12+,26-24+. The number of hydrogen-bond donors (Lipinski definition) is 3. The van der Waals surface area contributed by atoms with Gasteiger partial charge in [-0.25, -0.2) is 0 Å². The zero-order valence-electron chi connectivity index (χ0n) is 22.8. The molecule has 4 nitrogen and oxygen atoms in total. The summed E-state index contributed by atoms with van der Waals surface area (Å²) < 4.78 is 0. The lowest BCUT2D eigenvalue weighted by atomic mass is 10.1. The Morgan fingerprint density at radius 3 is 1.83 bits per heavy atom. The van der Waals surface area contributed by atoms with Gasteiger partial charge in [0.2, 0.25) is 5.91 Å². The van der Waals surface area contributed by atoms with Crippen LogP contribution in [0.2, 0.25) is 0 Å². The first kappa shape index (κ1) is 33.4. The summed E-state index contributed by atoms with van der Waals surface area (Å²) in [6.45, 7) is 4.01. The van der Waals surface area contributed by atoms with E-state index in [9.17, 15) is 15.0 Å². The van der Waals surface area contributed by atoms with Crippen molar-refractivity contribution in [1.82, 2.24) is 5.32 Å². The number of unbranched alkanes of at least 4 members (excludes halogenated alkanes) is 12. The van der Waals surface area contributed by atoms with Gasteiger partial charge in [0.25, 0.3) is 0 Å². The molecule has 3 N–H and O–H groups in total. The number of carbonyl (C=O) groups excluding carboxylic acids is 1. The second kappa shape index (κ2) is 26.9. The summed E-state index contributed by atoms with van der Waals surface area (Å²) in [4.78, 5) is 12.2. The normalized spacial score (nSPS) is 14.1. The second-order valence-corrected chi connectivity index (χ2v) is 9.45. The highest BCUT2D eigenvalue weighted by molar-refractivity contribution is 5.76. The van der Waals surface area contributed by atoms with Gasteiger partial charge in [0.1, 0.15) is 0 Å². The van der Waals surface area contributed by atoms with Gasteiger partial charge < -0.3 is 15.5 Å². The summed E-state index contributed by atoms with van der Waals surface area (Å²) in [6, 6.07) is -0.645. The molecule has 35 heavy (non-hydrogen) atoms. The molecule has 4 heteroatoms. The van der Waals surface area contributed by atoms with Gasteiger partial charge in [-0.3, -0.25) is 4.79 Å². The summed E-state index contributed by atoms with van der Waals surface area (Å²) in [7, 11) is 0. The number of allylic oxidation sites excluding steroid dienone is 7. The fraction of sp³-hybridized carbons (Fsp3) is 0.710. The summed E-state index contributed by atoms with van der Waals surface area (Å²) in [6.07, 6.45) is 34.8. The zero-order valence-corrected chi connectivity index (χ0v) is 22.8. The molecular weight excluding hydrogens is 434 g/mol. The van der Waals surface area contributed by atoms with Crippen LogP contribution in [0, 0.1) is 0 Å². The molecule has 202 valence electrons. The minimum Gasteiger partial charge on any atom is -0.394 e. The van der Waals surface area contributed by atoms with Crippen LogP contribution in [0.5, 0.6) is 0 Å². The molecule has 0 aromatic rings. The first-order valence-electron chi connectivity index (χ1n) is 14.3. The second-order valence-electron chi connectivity index (χ2n) is 9.45. The van der Waals surface area contributed by atoms with E-state index in [0.717, 1.165) is 51.4 Å². The molecule has 1 amide bonds. The minimum atomic E-state index is -0.869. The van der Waals surface area contributed by atoms with Gasteiger partial charge >= 0.3 is 0 Å². The fourth-order valence-corrected chi connectivity index (χ4v) is 3.85. The number of hydrogen-bond acceptors (Lipinski definition) is 3. The van der Waals surface area contributed by atoms with Gasteiger partial charge in [0, 0.05) is 6.42 Å². The van der Waals surface area contributed by atoms with Crippen molar-refractivity contribution in [2.45, 2.75) is 135 Å². The molecular formula is C31H55NO3. The van der Waals surface area contributed by atoms with Gasteiger partial charge in [-0.1, -0.05) is 100 Å². The molecule has 0 saturated carbocycles. The van der Waals surface area contributed by atoms with E-state index in [1.54, 1.807) is 6.08 Å². The molecule has 0 aromatic heterocycles. The lowest BCUT2D eigenvalue weighted by molar-refractivity contribution is -0.123. The third-order valence-corrected chi connectivity index (χ3v) is 6.11. The van der Waals surface area contributed by atoms with Crippen molar-refractivity contribution in [2.75, 3.05) is 6.61 Å². The number of aliphatic hydroxyl groups is 2. The Hall–Kier alpha value is -1.65. The highest BCUT2D eigenvalue weighted by Crippen LogP contribution is 2.10. The van der Waals surface area contributed by atoms with Crippen molar-refractivity contribution in [2.24, 2.45) is 0 Å². The van der Waals surface area contributed by atoms with E-state index in [1.165, 1.54) is 51.4 Å². The number of aliphatic hydroxyl groups excluding tert-OH is 2. The monoisotopic (exact) mass is 489 g/mol. The molecule has 0 aliphatic carbocycles. The fourth-order valence-electron chi connectivity index (χ4n) is 3.85. The number of carbonyl (C=O) groups is 1. The van der Waals surface area contributed by atoms with Crippen molar-refractivity contribution in [3.05, 3.63) is 48.6 Å². The number of amides is 1. The summed E-state index contributed by atoms with van der Waals surface area (Å²) >= 11 is 0. The molecule has 2 unspecified atom stereocenters. The lowest BCUT2D eigenvalue weighted by Crippen LogP contribution is -2.45. The maximum Gasteiger partial charge on any atom is 0.220 e.